The zero-order valence-corrected chi connectivity index (χ0v) is 22.4. The van der Waals surface area contributed by atoms with Gasteiger partial charge in [-0.3, -0.25) is 0 Å². The molecule has 6 aromatic carbocycles. The van der Waals surface area contributed by atoms with E-state index in [2.05, 4.69) is 120 Å². The van der Waals surface area contributed by atoms with E-state index in [0.717, 1.165) is 0 Å². The van der Waals surface area contributed by atoms with Gasteiger partial charge in [0.15, 0.2) is 0 Å². The zero-order chi connectivity index (χ0) is 25.2. The molecule has 0 bridgehead atoms. The first-order valence-electron chi connectivity index (χ1n) is 13.3. The topological polar surface area (TPSA) is 4.41 Å². The summed E-state index contributed by atoms with van der Waals surface area (Å²) in [5, 5.41) is 13.3. The molecular weight excluding hydrogens is 511 g/mol. The lowest BCUT2D eigenvalue weighted by Crippen LogP contribution is -1.87. The fourth-order valence-corrected chi connectivity index (χ4v) is 9.30. The van der Waals surface area contributed by atoms with Crippen molar-refractivity contribution in [1.82, 2.24) is 4.40 Å². The lowest BCUT2D eigenvalue weighted by Gasteiger charge is -2.06. The molecule has 4 aromatic heterocycles. The van der Waals surface area contributed by atoms with Gasteiger partial charge in [0.25, 0.3) is 0 Å². The van der Waals surface area contributed by atoms with Gasteiger partial charge in [-0.05, 0) is 41.1 Å². The highest BCUT2D eigenvalue weighted by atomic mass is 32.1. The zero-order valence-electron chi connectivity index (χ0n) is 20.7. The van der Waals surface area contributed by atoms with Crippen LogP contribution < -0.4 is 0 Å². The molecule has 0 atom stereocenters. The number of hydrogen-bond donors (Lipinski definition) is 0. The standard InChI is InChI=1S/C36H19NS2/c1-3-14-27-20(8-1)21-10-6-16-29-32(21)33-22(11-7-17-30(33)39-29)23-12-5-13-24-25-18-19-31-34(36(25)37(27)35(23)24)26-9-2-4-15-28(26)38-31/h1-19H. The Morgan fingerprint density at radius 2 is 0.846 bits per heavy atom. The molecule has 0 aliphatic rings. The Balaban J connectivity index is 1.70. The minimum atomic E-state index is 1.24. The molecule has 0 saturated carbocycles. The van der Waals surface area contributed by atoms with Crippen molar-refractivity contribution >= 4 is 112 Å². The summed E-state index contributed by atoms with van der Waals surface area (Å²) in [5.74, 6) is 0. The molecule has 3 heteroatoms. The van der Waals surface area contributed by atoms with E-state index in [-0.39, 0.29) is 0 Å². The Bertz CT molecular complexity index is 2660. The van der Waals surface area contributed by atoms with Crippen LogP contribution in [-0.4, -0.2) is 4.40 Å². The van der Waals surface area contributed by atoms with Crippen LogP contribution in [0, 0.1) is 0 Å². The summed E-state index contributed by atoms with van der Waals surface area (Å²) in [6.45, 7) is 0. The van der Waals surface area contributed by atoms with Crippen molar-refractivity contribution in [2.45, 2.75) is 0 Å². The normalized spacial score (nSPS) is 12.6. The van der Waals surface area contributed by atoms with E-state index in [1.54, 1.807) is 0 Å². The van der Waals surface area contributed by atoms with Gasteiger partial charge in [-0.2, -0.15) is 0 Å². The molecule has 10 rings (SSSR count). The number of aromatic nitrogens is 1. The van der Waals surface area contributed by atoms with Crippen LogP contribution in [0.5, 0.6) is 0 Å². The van der Waals surface area contributed by atoms with E-state index in [1.807, 2.05) is 22.7 Å². The van der Waals surface area contributed by atoms with Gasteiger partial charge in [0, 0.05) is 61.9 Å². The fraction of sp³-hybridized carbons (Fsp3) is 0. The fourth-order valence-electron chi connectivity index (χ4n) is 7.03. The SMILES string of the molecule is c1ccc2c(c1)sc1ccc3c4cccc5c6cccc7sc8cccc(c9ccccc9n(c54)c3c12)c8c76. The Labute approximate surface area is 230 Å². The summed E-state index contributed by atoms with van der Waals surface area (Å²) in [6.07, 6.45) is 0. The molecule has 0 radical (unpaired) electrons. The molecule has 0 aliphatic heterocycles. The van der Waals surface area contributed by atoms with Crippen LogP contribution in [0.4, 0.5) is 0 Å². The first-order valence-corrected chi connectivity index (χ1v) is 14.9. The molecule has 0 unspecified atom stereocenters. The number of hydrogen-bond acceptors (Lipinski definition) is 2. The Kier molecular flexibility index (Phi) is 3.76. The van der Waals surface area contributed by atoms with Crippen molar-refractivity contribution in [2.24, 2.45) is 0 Å². The highest BCUT2D eigenvalue weighted by Gasteiger charge is 2.20. The smallest absolute Gasteiger partial charge is 0.0634 e. The van der Waals surface area contributed by atoms with Crippen LogP contribution in [0.15, 0.2) is 115 Å². The monoisotopic (exact) mass is 529 g/mol. The number of thiophene rings is 2. The highest BCUT2D eigenvalue weighted by molar-refractivity contribution is 7.26. The Morgan fingerprint density at radius 1 is 0.333 bits per heavy atom. The van der Waals surface area contributed by atoms with Gasteiger partial charge in [0.1, 0.15) is 0 Å². The van der Waals surface area contributed by atoms with Crippen LogP contribution in [0.25, 0.3) is 89.2 Å². The van der Waals surface area contributed by atoms with Gasteiger partial charge in [-0.25, -0.2) is 0 Å². The minimum absolute atomic E-state index is 1.24. The van der Waals surface area contributed by atoms with Crippen molar-refractivity contribution in [1.29, 1.82) is 0 Å². The van der Waals surface area contributed by atoms with Crippen molar-refractivity contribution in [3.05, 3.63) is 115 Å². The molecule has 0 saturated heterocycles. The Morgan fingerprint density at radius 3 is 1.67 bits per heavy atom. The van der Waals surface area contributed by atoms with Crippen LogP contribution in [0.2, 0.25) is 0 Å². The van der Waals surface area contributed by atoms with Crippen molar-refractivity contribution < 1.29 is 0 Å². The largest absolute Gasteiger partial charge is 0.307 e. The van der Waals surface area contributed by atoms with Gasteiger partial charge in [-0.15, -0.1) is 22.7 Å². The third-order valence-corrected chi connectivity index (χ3v) is 10.8. The third-order valence-electron chi connectivity index (χ3n) is 8.54. The average Bonchev–Trinajstić information content (AvgIpc) is 3.66. The minimum Gasteiger partial charge on any atom is -0.307 e. The summed E-state index contributed by atoms with van der Waals surface area (Å²) in [6, 6.07) is 43.1. The predicted molar refractivity (Wildman–Crippen MR) is 173 cm³/mol. The summed E-state index contributed by atoms with van der Waals surface area (Å²) in [7, 11) is 0. The van der Waals surface area contributed by atoms with Crippen molar-refractivity contribution in [3.8, 4) is 0 Å². The second kappa shape index (κ2) is 7.15. The van der Waals surface area contributed by atoms with Gasteiger partial charge >= 0.3 is 0 Å². The molecule has 0 N–H and O–H groups in total. The molecule has 0 spiro atoms. The second-order valence-corrected chi connectivity index (χ2v) is 12.6. The predicted octanol–water partition coefficient (Wildman–Crippen LogP) is 11.3. The van der Waals surface area contributed by atoms with Crippen molar-refractivity contribution in [3.63, 3.8) is 0 Å². The molecule has 0 amide bonds. The van der Waals surface area contributed by atoms with Crippen LogP contribution in [0.3, 0.4) is 0 Å². The maximum absolute atomic E-state index is 2.59. The number of rotatable bonds is 0. The van der Waals surface area contributed by atoms with E-state index in [4.69, 9.17) is 0 Å². The first-order chi connectivity index (χ1) is 19.4. The lowest BCUT2D eigenvalue weighted by atomic mass is 10.0. The van der Waals surface area contributed by atoms with Gasteiger partial charge < -0.3 is 4.40 Å². The highest BCUT2D eigenvalue weighted by Crippen LogP contribution is 2.46. The third kappa shape index (κ3) is 2.46. The van der Waals surface area contributed by atoms with Gasteiger partial charge in [0.05, 0.1) is 16.6 Å². The van der Waals surface area contributed by atoms with E-state index < -0.39 is 0 Å². The van der Waals surface area contributed by atoms with E-state index in [0.29, 0.717) is 0 Å². The second-order valence-electron chi connectivity index (χ2n) is 10.4. The van der Waals surface area contributed by atoms with Gasteiger partial charge in [0.2, 0.25) is 0 Å². The maximum Gasteiger partial charge on any atom is 0.0634 e. The summed E-state index contributed by atoms with van der Waals surface area (Å²) in [4.78, 5) is 0. The number of para-hydroxylation sites is 2. The Hall–Kier alpha value is -4.44. The molecule has 1 nitrogen and oxygen atoms in total. The number of nitrogens with zero attached hydrogens (tertiary/aromatic N) is 1. The van der Waals surface area contributed by atoms with Crippen LogP contribution in [-0.2, 0) is 0 Å². The van der Waals surface area contributed by atoms with E-state index >= 15 is 0 Å². The van der Waals surface area contributed by atoms with Crippen LogP contribution in [0.1, 0.15) is 0 Å². The van der Waals surface area contributed by atoms with E-state index in [9.17, 15) is 0 Å². The lowest BCUT2D eigenvalue weighted by molar-refractivity contribution is 1.37. The average molecular weight is 530 g/mol. The van der Waals surface area contributed by atoms with Crippen molar-refractivity contribution in [2.75, 3.05) is 0 Å². The maximum atomic E-state index is 2.59. The molecule has 0 fully saturated rings. The molecule has 4 heterocycles. The van der Waals surface area contributed by atoms with Gasteiger partial charge in [-0.1, -0.05) is 84.9 Å². The molecule has 180 valence electrons. The van der Waals surface area contributed by atoms with E-state index in [1.165, 1.54) is 89.2 Å². The molecule has 39 heavy (non-hydrogen) atoms. The molecule has 10 aromatic rings. The summed E-state index contributed by atoms with van der Waals surface area (Å²) < 4.78 is 7.96. The molecular formula is C36H19NS2. The number of fused-ring (bicyclic) bond motifs is 11. The first kappa shape index (κ1) is 20.5. The van der Waals surface area contributed by atoms with Crippen LogP contribution >= 0.6 is 22.7 Å². The molecule has 0 aliphatic carbocycles. The number of benzene rings is 6. The summed E-state index contributed by atoms with van der Waals surface area (Å²) in [5.41, 5.74) is 3.85. The summed E-state index contributed by atoms with van der Waals surface area (Å²) >= 11 is 3.80. The quantitative estimate of drug-likeness (QED) is 0.184.